The predicted molar refractivity (Wildman–Crippen MR) is 70.0 cm³/mol. The third-order valence-electron chi connectivity index (χ3n) is 2.83. The van der Waals surface area contributed by atoms with Crippen LogP contribution in [0, 0.1) is 5.92 Å². The quantitative estimate of drug-likeness (QED) is 0.867. The molecule has 0 spiro atoms. The molecule has 0 radical (unpaired) electrons. The Balaban J connectivity index is 1.92. The van der Waals surface area contributed by atoms with Crippen LogP contribution < -0.4 is 10.1 Å². The lowest BCUT2D eigenvalue weighted by molar-refractivity contribution is 0.298. The molecule has 1 saturated carbocycles. The van der Waals surface area contributed by atoms with Gasteiger partial charge in [-0.05, 0) is 72.4 Å². The average Bonchev–Trinajstić information content (AvgIpc) is 3.09. The molecule has 0 bridgehead atoms. The van der Waals surface area contributed by atoms with E-state index in [-0.39, 0.29) is 0 Å². The Morgan fingerprint density at radius 2 is 2.25 bits per heavy atom. The minimum Gasteiger partial charge on any atom is -0.492 e. The van der Waals surface area contributed by atoms with Crippen LogP contribution in [0.3, 0.4) is 0 Å². The maximum atomic E-state index is 5.76. The van der Waals surface area contributed by atoms with Crippen molar-refractivity contribution in [1.29, 1.82) is 0 Å². The van der Waals surface area contributed by atoms with E-state index in [1.807, 2.05) is 7.05 Å². The minimum absolute atomic E-state index is 0.802. The molecule has 2 rings (SSSR count). The zero-order valence-corrected chi connectivity index (χ0v) is 11.2. The number of hydrogen-bond acceptors (Lipinski definition) is 2. The summed E-state index contributed by atoms with van der Waals surface area (Å²) in [7, 11) is 1.97. The van der Waals surface area contributed by atoms with Crippen LogP contribution >= 0.6 is 15.9 Å². The number of rotatable bonds is 6. The zero-order chi connectivity index (χ0) is 11.4. The molecule has 0 atom stereocenters. The monoisotopic (exact) mass is 283 g/mol. The highest BCUT2D eigenvalue weighted by Crippen LogP contribution is 2.32. The van der Waals surface area contributed by atoms with E-state index in [0.717, 1.165) is 35.7 Å². The van der Waals surface area contributed by atoms with Gasteiger partial charge in [-0.3, -0.25) is 0 Å². The largest absolute Gasteiger partial charge is 0.492 e. The molecule has 0 amide bonds. The van der Waals surface area contributed by atoms with Crippen LogP contribution in [0.2, 0.25) is 0 Å². The van der Waals surface area contributed by atoms with Gasteiger partial charge in [0.05, 0.1) is 11.1 Å². The zero-order valence-electron chi connectivity index (χ0n) is 9.63. The number of nitrogens with one attached hydrogen (secondary N) is 1. The molecular formula is C13H18BrNO. The summed E-state index contributed by atoms with van der Waals surface area (Å²) in [4.78, 5) is 0. The fourth-order valence-electron chi connectivity index (χ4n) is 1.58. The first-order chi connectivity index (χ1) is 7.79. The molecule has 1 N–H and O–H groups in total. The van der Waals surface area contributed by atoms with Gasteiger partial charge in [0.1, 0.15) is 5.75 Å². The highest BCUT2D eigenvalue weighted by atomic mass is 79.9. The molecular weight excluding hydrogens is 266 g/mol. The van der Waals surface area contributed by atoms with Crippen molar-refractivity contribution in [2.24, 2.45) is 5.92 Å². The highest BCUT2D eigenvalue weighted by Gasteiger charge is 2.22. The van der Waals surface area contributed by atoms with Crippen LogP contribution in [0.4, 0.5) is 0 Å². The van der Waals surface area contributed by atoms with E-state index >= 15 is 0 Å². The van der Waals surface area contributed by atoms with Crippen molar-refractivity contribution >= 4 is 15.9 Å². The van der Waals surface area contributed by atoms with Crippen LogP contribution in [0.5, 0.6) is 5.75 Å². The molecule has 1 fully saturated rings. The second-order valence-electron chi connectivity index (χ2n) is 4.37. The second kappa shape index (κ2) is 5.69. The van der Waals surface area contributed by atoms with E-state index in [4.69, 9.17) is 4.74 Å². The van der Waals surface area contributed by atoms with Gasteiger partial charge in [-0.1, -0.05) is 6.07 Å². The lowest BCUT2D eigenvalue weighted by atomic mass is 10.1. The minimum atomic E-state index is 0.802. The van der Waals surface area contributed by atoms with E-state index in [1.54, 1.807) is 0 Å². The first-order valence-corrected chi connectivity index (χ1v) is 6.64. The Morgan fingerprint density at radius 3 is 2.88 bits per heavy atom. The Hall–Kier alpha value is -0.540. The molecule has 1 aliphatic rings. The van der Waals surface area contributed by atoms with Crippen LogP contribution in [-0.2, 0) is 6.42 Å². The summed E-state index contributed by atoms with van der Waals surface area (Å²) in [5, 5.41) is 3.15. The van der Waals surface area contributed by atoms with Gasteiger partial charge in [0.15, 0.2) is 0 Å². The fourth-order valence-corrected chi connectivity index (χ4v) is 2.12. The standard InChI is InChI=1S/C13H18BrNO/c1-15-7-6-10-4-5-13(12(14)8-10)16-9-11-2-3-11/h4-5,8,11,15H,2-3,6-7,9H2,1H3. The summed E-state index contributed by atoms with van der Waals surface area (Å²) in [5.74, 6) is 1.77. The Morgan fingerprint density at radius 1 is 1.44 bits per heavy atom. The van der Waals surface area contributed by atoms with Crippen molar-refractivity contribution in [2.45, 2.75) is 19.3 Å². The second-order valence-corrected chi connectivity index (χ2v) is 5.23. The molecule has 3 heteroatoms. The molecule has 0 saturated heterocycles. The average molecular weight is 284 g/mol. The lowest BCUT2D eigenvalue weighted by Gasteiger charge is -2.09. The van der Waals surface area contributed by atoms with Gasteiger partial charge in [0, 0.05) is 0 Å². The summed E-state index contributed by atoms with van der Waals surface area (Å²) in [6.45, 7) is 1.88. The fraction of sp³-hybridized carbons (Fsp3) is 0.538. The number of ether oxygens (including phenoxy) is 1. The van der Waals surface area contributed by atoms with E-state index in [2.05, 4.69) is 39.4 Å². The van der Waals surface area contributed by atoms with Gasteiger partial charge in [-0.15, -0.1) is 0 Å². The molecule has 0 aromatic heterocycles. The summed E-state index contributed by atoms with van der Waals surface area (Å²) in [6, 6.07) is 6.36. The van der Waals surface area contributed by atoms with Crippen LogP contribution in [0.1, 0.15) is 18.4 Å². The van der Waals surface area contributed by atoms with Gasteiger partial charge in [0.25, 0.3) is 0 Å². The van der Waals surface area contributed by atoms with Crippen molar-refractivity contribution < 1.29 is 4.74 Å². The molecule has 1 aromatic carbocycles. The van der Waals surface area contributed by atoms with E-state index in [9.17, 15) is 0 Å². The maximum absolute atomic E-state index is 5.76. The number of hydrogen-bond donors (Lipinski definition) is 1. The van der Waals surface area contributed by atoms with E-state index < -0.39 is 0 Å². The molecule has 0 unspecified atom stereocenters. The summed E-state index contributed by atoms with van der Waals surface area (Å²) >= 11 is 3.56. The molecule has 88 valence electrons. The number of benzene rings is 1. The first kappa shape index (κ1) is 11.9. The normalized spacial score (nSPS) is 15.1. The van der Waals surface area contributed by atoms with E-state index in [1.165, 1.54) is 18.4 Å². The predicted octanol–water partition coefficient (Wildman–Crippen LogP) is 3.00. The van der Waals surface area contributed by atoms with E-state index in [0.29, 0.717) is 0 Å². The maximum Gasteiger partial charge on any atom is 0.133 e. The topological polar surface area (TPSA) is 21.3 Å². The summed E-state index contributed by atoms with van der Waals surface area (Å²) in [6.07, 6.45) is 3.72. The third kappa shape index (κ3) is 3.49. The summed E-state index contributed by atoms with van der Waals surface area (Å²) < 4.78 is 6.83. The third-order valence-corrected chi connectivity index (χ3v) is 3.45. The van der Waals surface area contributed by atoms with Crippen LogP contribution in [0.25, 0.3) is 0 Å². The van der Waals surface area contributed by atoms with Crippen molar-refractivity contribution in [1.82, 2.24) is 5.32 Å². The van der Waals surface area contributed by atoms with Crippen molar-refractivity contribution in [3.63, 3.8) is 0 Å². The highest BCUT2D eigenvalue weighted by molar-refractivity contribution is 9.10. The van der Waals surface area contributed by atoms with Crippen molar-refractivity contribution in [3.05, 3.63) is 28.2 Å². The van der Waals surface area contributed by atoms with Crippen LogP contribution in [-0.4, -0.2) is 20.2 Å². The van der Waals surface area contributed by atoms with Crippen molar-refractivity contribution in [2.75, 3.05) is 20.2 Å². The van der Waals surface area contributed by atoms with Crippen molar-refractivity contribution in [3.8, 4) is 5.75 Å². The van der Waals surface area contributed by atoms with Gasteiger partial charge in [-0.2, -0.15) is 0 Å². The van der Waals surface area contributed by atoms with Gasteiger partial charge in [0.2, 0.25) is 0 Å². The Labute approximate surface area is 106 Å². The van der Waals surface area contributed by atoms with Crippen LogP contribution in [0.15, 0.2) is 22.7 Å². The van der Waals surface area contributed by atoms with Gasteiger partial charge < -0.3 is 10.1 Å². The first-order valence-electron chi connectivity index (χ1n) is 5.85. The Kier molecular flexibility index (Phi) is 4.24. The SMILES string of the molecule is CNCCc1ccc(OCC2CC2)c(Br)c1. The lowest BCUT2D eigenvalue weighted by Crippen LogP contribution is -2.10. The Bertz CT molecular complexity index is 350. The van der Waals surface area contributed by atoms with Gasteiger partial charge >= 0.3 is 0 Å². The number of likely N-dealkylation sites (N-methyl/N-ethyl adjacent to an activating group) is 1. The molecule has 0 heterocycles. The molecule has 0 aliphatic heterocycles. The number of halogens is 1. The molecule has 2 nitrogen and oxygen atoms in total. The molecule has 1 aromatic rings. The smallest absolute Gasteiger partial charge is 0.133 e. The van der Waals surface area contributed by atoms with Gasteiger partial charge in [-0.25, -0.2) is 0 Å². The summed E-state index contributed by atoms with van der Waals surface area (Å²) in [5.41, 5.74) is 1.33. The molecule has 16 heavy (non-hydrogen) atoms. The molecule has 1 aliphatic carbocycles.